The van der Waals surface area contributed by atoms with Gasteiger partial charge in [0.05, 0.1) is 12.3 Å². The Morgan fingerprint density at radius 3 is 2.30 bits per heavy atom. The Balaban J connectivity index is 2.39. The maximum absolute atomic E-state index is 5.90. The highest BCUT2D eigenvalue weighted by molar-refractivity contribution is 5.58. The largest absolute Gasteiger partial charge is 0.494 e. The maximum Gasteiger partial charge on any atom is 0.161 e. The average molecular weight is 271 g/mol. The number of ether oxygens (including phenoxy) is 1. The first-order valence-electron chi connectivity index (χ1n) is 6.78. The zero-order valence-electron chi connectivity index (χ0n) is 12.5. The first kappa shape index (κ1) is 14.3. The van der Waals surface area contributed by atoms with E-state index in [1.165, 1.54) is 0 Å². The third kappa shape index (κ3) is 3.26. The highest BCUT2D eigenvalue weighted by Gasteiger charge is 2.17. The van der Waals surface area contributed by atoms with Gasteiger partial charge in [0.25, 0.3) is 0 Å². The lowest BCUT2D eigenvalue weighted by molar-refractivity contribution is 0.340. The van der Waals surface area contributed by atoms with Crippen LogP contribution in [0.3, 0.4) is 0 Å². The van der Waals surface area contributed by atoms with Gasteiger partial charge in [-0.3, -0.25) is 0 Å². The Kier molecular flexibility index (Phi) is 3.93. The van der Waals surface area contributed by atoms with Crippen LogP contribution >= 0.6 is 0 Å². The zero-order valence-corrected chi connectivity index (χ0v) is 12.5. The second-order valence-electron chi connectivity index (χ2n) is 5.71. The van der Waals surface area contributed by atoms with E-state index in [4.69, 9.17) is 10.5 Å². The molecule has 1 heterocycles. The van der Waals surface area contributed by atoms with E-state index in [0.29, 0.717) is 18.2 Å². The number of anilines is 1. The molecule has 2 N–H and O–H groups in total. The molecule has 0 unspecified atom stereocenters. The van der Waals surface area contributed by atoms with Crippen LogP contribution in [-0.2, 0) is 5.41 Å². The second-order valence-corrected chi connectivity index (χ2v) is 5.71. The Hall–Kier alpha value is -2.10. The van der Waals surface area contributed by atoms with Gasteiger partial charge in [0.1, 0.15) is 11.6 Å². The van der Waals surface area contributed by atoms with E-state index >= 15 is 0 Å². The number of benzene rings is 1. The van der Waals surface area contributed by atoms with Crippen molar-refractivity contribution in [3.05, 3.63) is 36.0 Å². The summed E-state index contributed by atoms with van der Waals surface area (Å²) < 4.78 is 5.43. The Bertz CT molecular complexity index is 586. The van der Waals surface area contributed by atoms with Crippen molar-refractivity contribution in [2.45, 2.75) is 33.1 Å². The van der Waals surface area contributed by atoms with Crippen molar-refractivity contribution in [1.29, 1.82) is 0 Å². The normalized spacial score (nSPS) is 11.4. The van der Waals surface area contributed by atoms with Crippen molar-refractivity contribution in [2.75, 3.05) is 12.3 Å². The molecule has 0 amide bonds. The molecule has 2 rings (SSSR count). The van der Waals surface area contributed by atoms with Crippen molar-refractivity contribution >= 4 is 5.82 Å². The van der Waals surface area contributed by atoms with Crippen LogP contribution in [0.4, 0.5) is 5.82 Å². The summed E-state index contributed by atoms with van der Waals surface area (Å²) in [6.07, 6.45) is 0. The molecule has 1 aromatic carbocycles. The van der Waals surface area contributed by atoms with Crippen LogP contribution in [0, 0.1) is 0 Å². The molecule has 0 aliphatic carbocycles. The van der Waals surface area contributed by atoms with Crippen LogP contribution in [0.25, 0.3) is 11.4 Å². The minimum atomic E-state index is -0.0585. The van der Waals surface area contributed by atoms with Crippen LogP contribution in [0.15, 0.2) is 30.3 Å². The quantitative estimate of drug-likeness (QED) is 0.929. The SMILES string of the molecule is CCOc1ccc(-c2nc(N)cc(C(C)(C)C)n2)cc1. The van der Waals surface area contributed by atoms with E-state index in [2.05, 4.69) is 30.7 Å². The molecule has 0 saturated heterocycles. The first-order chi connectivity index (χ1) is 9.40. The maximum atomic E-state index is 5.90. The van der Waals surface area contributed by atoms with Crippen molar-refractivity contribution in [3.8, 4) is 17.1 Å². The predicted molar refractivity (Wildman–Crippen MR) is 81.7 cm³/mol. The molecular formula is C16H21N3O. The van der Waals surface area contributed by atoms with E-state index in [1.54, 1.807) is 0 Å². The molecule has 0 saturated carbocycles. The molecule has 106 valence electrons. The summed E-state index contributed by atoms with van der Waals surface area (Å²) in [6, 6.07) is 9.57. The van der Waals surface area contributed by atoms with Gasteiger partial charge in [-0.15, -0.1) is 0 Å². The molecule has 0 aliphatic rings. The average Bonchev–Trinajstić information content (AvgIpc) is 2.38. The predicted octanol–water partition coefficient (Wildman–Crippen LogP) is 3.42. The first-order valence-corrected chi connectivity index (χ1v) is 6.78. The molecule has 0 atom stereocenters. The summed E-state index contributed by atoms with van der Waals surface area (Å²) in [5.41, 5.74) is 7.71. The number of hydrogen-bond donors (Lipinski definition) is 1. The minimum absolute atomic E-state index is 0.0585. The highest BCUT2D eigenvalue weighted by Crippen LogP contribution is 2.25. The molecule has 4 heteroatoms. The fourth-order valence-corrected chi connectivity index (χ4v) is 1.85. The topological polar surface area (TPSA) is 61.0 Å². The molecular weight excluding hydrogens is 250 g/mol. The molecule has 0 bridgehead atoms. The highest BCUT2D eigenvalue weighted by atomic mass is 16.5. The number of nitrogens with zero attached hydrogens (tertiary/aromatic N) is 2. The zero-order chi connectivity index (χ0) is 14.8. The number of hydrogen-bond acceptors (Lipinski definition) is 4. The van der Waals surface area contributed by atoms with Gasteiger partial charge in [-0.25, -0.2) is 9.97 Å². The van der Waals surface area contributed by atoms with Crippen molar-refractivity contribution in [2.24, 2.45) is 0 Å². The summed E-state index contributed by atoms with van der Waals surface area (Å²) in [6.45, 7) is 8.94. The number of rotatable bonds is 3. The third-order valence-corrected chi connectivity index (χ3v) is 2.94. The Morgan fingerprint density at radius 1 is 1.10 bits per heavy atom. The second kappa shape index (κ2) is 5.49. The molecule has 20 heavy (non-hydrogen) atoms. The Morgan fingerprint density at radius 2 is 1.75 bits per heavy atom. The minimum Gasteiger partial charge on any atom is -0.494 e. The number of nitrogens with two attached hydrogens (primary N) is 1. The molecule has 2 aromatic rings. The fraction of sp³-hybridized carbons (Fsp3) is 0.375. The summed E-state index contributed by atoms with van der Waals surface area (Å²) >= 11 is 0. The van der Waals surface area contributed by atoms with E-state index in [1.807, 2.05) is 37.3 Å². The van der Waals surface area contributed by atoms with Gasteiger partial charge in [0.2, 0.25) is 0 Å². The van der Waals surface area contributed by atoms with Gasteiger partial charge >= 0.3 is 0 Å². The molecule has 1 aromatic heterocycles. The van der Waals surface area contributed by atoms with Gasteiger partial charge in [-0.05, 0) is 31.2 Å². The van der Waals surface area contributed by atoms with Crippen LogP contribution in [0.2, 0.25) is 0 Å². The summed E-state index contributed by atoms with van der Waals surface area (Å²) in [7, 11) is 0. The van der Waals surface area contributed by atoms with Gasteiger partial charge in [-0.1, -0.05) is 20.8 Å². The van der Waals surface area contributed by atoms with E-state index < -0.39 is 0 Å². The van der Waals surface area contributed by atoms with Gasteiger partial charge < -0.3 is 10.5 Å². The van der Waals surface area contributed by atoms with E-state index in [9.17, 15) is 0 Å². The summed E-state index contributed by atoms with van der Waals surface area (Å²) in [5.74, 6) is 1.99. The molecule has 4 nitrogen and oxygen atoms in total. The van der Waals surface area contributed by atoms with Crippen molar-refractivity contribution in [3.63, 3.8) is 0 Å². The van der Waals surface area contributed by atoms with Crippen LogP contribution in [-0.4, -0.2) is 16.6 Å². The molecule has 0 aliphatic heterocycles. The van der Waals surface area contributed by atoms with E-state index in [0.717, 1.165) is 17.0 Å². The lowest BCUT2D eigenvalue weighted by atomic mass is 9.92. The smallest absolute Gasteiger partial charge is 0.161 e. The Labute approximate surface area is 120 Å². The summed E-state index contributed by atoms with van der Waals surface area (Å²) in [4.78, 5) is 8.94. The van der Waals surface area contributed by atoms with Crippen LogP contribution < -0.4 is 10.5 Å². The van der Waals surface area contributed by atoms with Crippen LogP contribution in [0.1, 0.15) is 33.4 Å². The lowest BCUT2D eigenvalue weighted by Crippen LogP contribution is -2.15. The van der Waals surface area contributed by atoms with Gasteiger partial charge in [0, 0.05) is 17.0 Å². The molecule has 0 radical (unpaired) electrons. The van der Waals surface area contributed by atoms with Crippen LogP contribution in [0.5, 0.6) is 5.75 Å². The number of aromatic nitrogens is 2. The lowest BCUT2D eigenvalue weighted by Gasteiger charge is -2.18. The van der Waals surface area contributed by atoms with Crippen molar-refractivity contribution < 1.29 is 4.74 Å². The van der Waals surface area contributed by atoms with Gasteiger partial charge in [-0.2, -0.15) is 0 Å². The molecule has 0 spiro atoms. The standard InChI is InChI=1S/C16H21N3O/c1-5-20-12-8-6-11(7-9-12)15-18-13(16(2,3)4)10-14(17)19-15/h6-10H,5H2,1-4H3,(H2,17,18,19). The molecule has 0 fully saturated rings. The monoisotopic (exact) mass is 271 g/mol. The fourth-order valence-electron chi connectivity index (χ4n) is 1.85. The van der Waals surface area contributed by atoms with Gasteiger partial charge in [0.15, 0.2) is 5.82 Å². The number of nitrogen functional groups attached to an aromatic ring is 1. The summed E-state index contributed by atoms with van der Waals surface area (Å²) in [5, 5.41) is 0. The third-order valence-electron chi connectivity index (χ3n) is 2.94. The van der Waals surface area contributed by atoms with E-state index in [-0.39, 0.29) is 5.41 Å². The van der Waals surface area contributed by atoms with Crippen molar-refractivity contribution in [1.82, 2.24) is 9.97 Å².